The van der Waals surface area contributed by atoms with Gasteiger partial charge in [0.25, 0.3) is 5.91 Å². The second-order valence-electron chi connectivity index (χ2n) is 6.91. The zero-order valence-corrected chi connectivity index (χ0v) is 17.2. The molecule has 1 aromatic heterocycles. The number of ether oxygens (including phenoxy) is 1. The Morgan fingerprint density at radius 2 is 2.00 bits per heavy atom. The molecule has 0 aliphatic carbocycles. The third-order valence-corrected chi connectivity index (χ3v) is 5.19. The summed E-state index contributed by atoms with van der Waals surface area (Å²) < 4.78 is 5.39. The molecule has 1 unspecified atom stereocenters. The number of amides is 1. The predicted octanol–water partition coefficient (Wildman–Crippen LogP) is 4.56. The van der Waals surface area contributed by atoms with Crippen molar-refractivity contribution in [2.45, 2.75) is 25.8 Å². The van der Waals surface area contributed by atoms with Gasteiger partial charge in [-0.15, -0.1) is 12.4 Å². The van der Waals surface area contributed by atoms with Crippen LogP contribution in [0.4, 0.5) is 0 Å². The minimum Gasteiger partial charge on any atom is -0.507 e. The number of phenolic OH excluding ortho intramolecular Hbond substituents is 1. The Bertz CT molecular complexity index is 1020. The highest BCUT2D eigenvalue weighted by Crippen LogP contribution is 2.44. The quantitative estimate of drug-likeness (QED) is 0.621. The number of nitrogens with zero attached hydrogens (tertiary/aromatic N) is 2. The van der Waals surface area contributed by atoms with E-state index >= 15 is 0 Å². The summed E-state index contributed by atoms with van der Waals surface area (Å²) in [5.41, 5.74) is 3.46. The van der Waals surface area contributed by atoms with Crippen molar-refractivity contribution in [2.75, 3.05) is 13.7 Å². The van der Waals surface area contributed by atoms with E-state index in [-0.39, 0.29) is 30.1 Å². The zero-order valence-electron chi connectivity index (χ0n) is 16.4. The van der Waals surface area contributed by atoms with Crippen molar-refractivity contribution >= 4 is 18.3 Å². The topological polar surface area (TPSA) is 78.5 Å². The second kappa shape index (κ2) is 8.57. The number of rotatable bonds is 6. The number of aromatic nitrogens is 2. The lowest BCUT2D eigenvalue weighted by atomic mass is 9.95. The van der Waals surface area contributed by atoms with E-state index in [0.717, 1.165) is 29.7 Å². The Balaban J connectivity index is 0.00000240. The molecule has 0 radical (unpaired) electrons. The summed E-state index contributed by atoms with van der Waals surface area (Å²) in [5.74, 6) is 0.813. The SMILES string of the molecule is CCCCN1C(=O)c2[nH]nc(-c3ccccc3O)c2C1c1cccc(OC)c1.Cl. The summed E-state index contributed by atoms with van der Waals surface area (Å²) in [6.45, 7) is 2.76. The summed E-state index contributed by atoms with van der Waals surface area (Å²) in [7, 11) is 1.63. The summed E-state index contributed by atoms with van der Waals surface area (Å²) in [5, 5.41) is 17.7. The zero-order chi connectivity index (χ0) is 19.7. The van der Waals surface area contributed by atoms with Crippen molar-refractivity contribution in [1.82, 2.24) is 15.1 Å². The number of halogens is 1. The molecule has 7 heteroatoms. The number of methoxy groups -OCH3 is 1. The molecule has 1 aliphatic heterocycles. The number of carbonyl (C=O) groups is 1. The monoisotopic (exact) mass is 413 g/mol. The molecule has 1 aliphatic rings. The smallest absolute Gasteiger partial charge is 0.273 e. The summed E-state index contributed by atoms with van der Waals surface area (Å²) >= 11 is 0. The average molecular weight is 414 g/mol. The highest BCUT2D eigenvalue weighted by molar-refractivity contribution is 6.00. The number of phenols is 1. The summed E-state index contributed by atoms with van der Waals surface area (Å²) in [6.07, 6.45) is 1.91. The van der Waals surface area contributed by atoms with Crippen LogP contribution in [0.5, 0.6) is 11.5 Å². The lowest BCUT2D eigenvalue weighted by Gasteiger charge is -2.26. The first-order chi connectivity index (χ1) is 13.7. The fourth-order valence-corrected chi connectivity index (χ4v) is 3.79. The van der Waals surface area contributed by atoms with Crippen molar-refractivity contribution < 1.29 is 14.6 Å². The van der Waals surface area contributed by atoms with Crippen LogP contribution < -0.4 is 4.74 Å². The van der Waals surface area contributed by atoms with E-state index in [4.69, 9.17) is 4.74 Å². The standard InChI is InChI=1S/C22H23N3O3.ClH/c1-3-4-12-25-21(14-8-7-9-15(13-14)28-2)18-19(23-24-20(18)22(25)27)16-10-5-6-11-17(16)26;/h5-11,13,21,26H,3-4,12H2,1-2H3,(H,23,24);1H. The number of carbonyl (C=O) groups excluding carboxylic acids is 1. The predicted molar refractivity (Wildman–Crippen MR) is 114 cm³/mol. The molecule has 0 fully saturated rings. The van der Waals surface area contributed by atoms with Crippen molar-refractivity contribution in [3.8, 4) is 22.8 Å². The van der Waals surface area contributed by atoms with Crippen LogP contribution in [0.15, 0.2) is 48.5 Å². The number of aromatic amines is 1. The van der Waals surface area contributed by atoms with E-state index in [9.17, 15) is 9.90 Å². The summed E-state index contributed by atoms with van der Waals surface area (Å²) in [6, 6.07) is 14.5. The lowest BCUT2D eigenvalue weighted by molar-refractivity contribution is 0.0741. The fraction of sp³-hybridized carbons (Fsp3) is 0.273. The minimum absolute atomic E-state index is 0. The first kappa shape index (κ1) is 20.7. The molecule has 2 N–H and O–H groups in total. The maximum atomic E-state index is 13.1. The Kier molecular flexibility index (Phi) is 6.13. The Morgan fingerprint density at radius 3 is 2.72 bits per heavy atom. The first-order valence-corrected chi connectivity index (χ1v) is 9.47. The van der Waals surface area contributed by atoms with Gasteiger partial charge in [-0.25, -0.2) is 0 Å². The van der Waals surface area contributed by atoms with E-state index < -0.39 is 0 Å². The van der Waals surface area contributed by atoms with Crippen LogP contribution in [0.1, 0.15) is 47.4 Å². The molecule has 0 bridgehead atoms. The van der Waals surface area contributed by atoms with Crippen LogP contribution in [0.3, 0.4) is 0 Å². The van der Waals surface area contributed by atoms with Gasteiger partial charge >= 0.3 is 0 Å². The van der Waals surface area contributed by atoms with Gasteiger partial charge in [-0.2, -0.15) is 5.10 Å². The molecule has 4 rings (SSSR count). The molecular formula is C22H24ClN3O3. The molecule has 152 valence electrons. The highest BCUT2D eigenvalue weighted by Gasteiger charge is 2.42. The Labute approximate surface area is 175 Å². The number of benzene rings is 2. The maximum Gasteiger partial charge on any atom is 0.273 e. The van der Waals surface area contributed by atoms with E-state index in [1.807, 2.05) is 41.3 Å². The molecule has 29 heavy (non-hydrogen) atoms. The van der Waals surface area contributed by atoms with Gasteiger partial charge in [0.05, 0.1) is 13.2 Å². The molecule has 3 aromatic rings. The van der Waals surface area contributed by atoms with Crippen LogP contribution in [0.25, 0.3) is 11.3 Å². The van der Waals surface area contributed by atoms with Gasteiger partial charge in [0.15, 0.2) is 0 Å². The number of aromatic hydroxyl groups is 1. The molecule has 0 saturated heterocycles. The van der Waals surface area contributed by atoms with E-state index in [1.54, 1.807) is 19.2 Å². The maximum absolute atomic E-state index is 13.1. The van der Waals surface area contributed by atoms with Crippen molar-refractivity contribution in [1.29, 1.82) is 0 Å². The molecule has 0 saturated carbocycles. The van der Waals surface area contributed by atoms with Crippen molar-refractivity contribution in [3.63, 3.8) is 0 Å². The van der Waals surface area contributed by atoms with Crippen molar-refractivity contribution in [2.24, 2.45) is 0 Å². The van der Waals surface area contributed by atoms with Gasteiger partial charge in [-0.3, -0.25) is 9.89 Å². The normalized spacial score (nSPS) is 15.2. The molecule has 2 heterocycles. The fourth-order valence-electron chi connectivity index (χ4n) is 3.79. The van der Waals surface area contributed by atoms with Crippen LogP contribution in [0, 0.1) is 0 Å². The highest BCUT2D eigenvalue weighted by atomic mass is 35.5. The van der Waals surface area contributed by atoms with Crippen LogP contribution >= 0.6 is 12.4 Å². The van der Waals surface area contributed by atoms with Crippen LogP contribution in [0.2, 0.25) is 0 Å². The number of H-pyrrole nitrogens is 1. The van der Waals surface area contributed by atoms with E-state index in [2.05, 4.69) is 17.1 Å². The molecule has 0 spiro atoms. The van der Waals surface area contributed by atoms with E-state index in [1.165, 1.54) is 0 Å². The first-order valence-electron chi connectivity index (χ1n) is 9.47. The number of unbranched alkanes of at least 4 members (excludes halogenated alkanes) is 1. The Hall–Kier alpha value is -2.99. The van der Waals surface area contributed by atoms with Crippen LogP contribution in [-0.2, 0) is 0 Å². The van der Waals surface area contributed by atoms with Crippen molar-refractivity contribution in [3.05, 3.63) is 65.4 Å². The number of hydrogen-bond donors (Lipinski definition) is 2. The third kappa shape index (κ3) is 3.56. The number of nitrogens with one attached hydrogen (secondary N) is 1. The van der Waals surface area contributed by atoms with Gasteiger partial charge in [-0.1, -0.05) is 37.6 Å². The van der Waals surface area contributed by atoms with E-state index in [0.29, 0.717) is 23.5 Å². The molecule has 6 nitrogen and oxygen atoms in total. The minimum atomic E-state index is -0.280. The molecule has 1 amide bonds. The second-order valence-corrected chi connectivity index (χ2v) is 6.91. The van der Waals surface area contributed by atoms with Gasteiger partial charge in [0.1, 0.15) is 22.9 Å². The van der Waals surface area contributed by atoms with Crippen LogP contribution in [-0.4, -0.2) is 39.8 Å². The Morgan fingerprint density at radius 1 is 1.21 bits per heavy atom. The lowest BCUT2D eigenvalue weighted by Crippen LogP contribution is -2.30. The van der Waals surface area contributed by atoms with Gasteiger partial charge in [0.2, 0.25) is 0 Å². The average Bonchev–Trinajstić information content (AvgIpc) is 3.26. The third-order valence-electron chi connectivity index (χ3n) is 5.19. The number of hydrogen-bond acceptors (Lipinski definition) is 4. The molecular weight excluding hydrogens is 390 g/mol. The number of fused-ring (bicyclic) bond motifs is 1. The molecule has 2 aromatic carbocycles. The summed E-state index contributed by atoms with van der Waals surface area (Å²) in [4.78, 5) is 15.0. The molecule has 1 atom stereocenters. The number of para-hydroxylation sites is 1. The van der Waals surface area contributed by atoms with Gasteiger partial charge in [-0.05, 0) is 36.2 Å². The largest absolute Gasteiger partial charge is 0.507 e. The van der Waals surface area contributed by atoms with Gasteiger partial charge < -0.3 is 14.7 Å². The van der Waals surface area contributed by atoms with Gasteiger partial charge in [0, 0.05) is 17.7 Å².